The number of esters is 1. The van der Waals surface area contributed by atoms with Gasteiger partial charge in [-0.3, -0.25) is 14.4 Å². The van der Waals surface area contributed by atoms with E-state index in [1.54, 1.807) is 18.4 Å². The number of amides is 1. The van der Waals surface area contributed by atoms with Gasteiger partial charge in [0.15, 0.2) is 0 Å². The molecule has 0 saturated heterocycles. The molecule has 0 fully saturated rings. The number of nitrogens with one attached hydrogen (secondary N) is 1. The summed E-state index contributed by atoms with van der Waals surface area (Å²) in [7, 11) is 0. The van der Waals surface area contributed by atoms with Crippen molar-refractivity contribution in [3.8, 4) is 11.4 Å². The number of nitrogens with zero attached hydrogens (tertiary/aromatic N) is 2. The van der Waals surface area contributed by atoms with Crippen LogP contribution in [-0.2, 0) is 33.9 Å². The van der Waals surface area contributed by atoms with Gasteiger partial charge >= 0.3 is 5.97 Å². The van der Waals surface area contributed by atoms with Crippen molar-refractivity contribution in [2.75, 3.05) is 0 Å². The van der Waals surface area contributed by atoms with Gasteiger partial charge in [0.1, 0.15) is 18.5 Å². The molecule has 8 nitrogen and oxygen atoms in total. The summed E-state index contributed by atoms with van der Waals surface area (Å²) in [5, 5.41) is 14.1. The first-order chi connectivity index (χ1) is 17.7. The Balaban J connectivity index is 1.58. The number of benzene rings is 1. The summed E-state index contributed by atoms with van der Waals surface area (Å²) < 4.78 is 21.8. The van der Waals surface area contributed by atoms with Crippen LogP contribution < -0.4 is 10.9 Å². The Morgan fingerprint density at radius 3 is 2.84 bits per heavy atom. The second-order valence-electron chi connectivity index (χ2n) is 10.3. The van der Waals surface area contributed by atoms with Gasteiger partial charge < -0.3 is 19.7 Å². The lowest BCUT2D eigenvalue weighted by molar-refractivity contribution is -0.147. The highest BCUT2D eigenvalue weighted by Crippen LogP contribution is 2.45. The van der Waals surface area contributed by atoms with E-state index >= 15 is 0 Å². The third-order valence-corrected chi connectivity index (χ3v) is 8.13. The number of rotatable bonds is 4. The number of aliphatic hydroxyl groups excluding tert-OH is 1. The van der Waals surface area contributed by atoms with Crippen molar-refractivity contribution in [3.05, 3.63) is 61.7 Å². The van der Waals surface area contributed by atoms with Crippen molar-refractivity contribution in [1.82, 2.24) is 14.9 Å². The van der Waals surface area contributed by atoms with E-state index in [2.05, 4.69) is 5.32 Å². The number of halogens is 1. The van der Waals surface area contributed by atoms with Gasteiger partial charge in [-0.1, -0.05) is 13.3 Å². The molecule has 3 aromatic rings. The minimum Gasteiger partial charge on any atom is -0.460 e. The molecule has 4 heterocycles. The molecule has 1 aromatic carbocycles. The minimum absolute atomic E-state index is 0.0707. The Labute approximate surface area is 212 Å². The first-order valence-corrected chi connectivity index (χ1v) is 12.8. The maximum absolute atomic E-state index is 14.9. The number of aromatic nitrogens is 2. The number of ether oxygens (including phenoxy) is 1. The van der Waals surface area contributed by atoms with E-state index in [1.165, 1.54) is 6.07 Å². The molecule has 0 radical (unpaired) electrons. The van der Waals surface area contributed by atoms with Gasteiger partial charge in [-0.15, -0.1) is 0 Å². The predicted molar refractivity (Wildman–Crippen MR) is 134 cm³/mol. The van der Waals surface area contributed by atoms with E-state index in [-0.39, 0.29) is 30.5 Å². The van der Waals surface area contributed by atoms with E-state index in [0.29, 0.717) is 59.3 Å². The molecule has 9 heteroatoms. The normalized spacial score (nSPS) is 20.2. The molecule has 0 spiro atoms. The van der Waals surface area contributed by atoms with Gasteiger partial charge in [0.25, 0.3) is 5.56 Å². The lowest BCUT2D eigenvalue weighted by Gasteiger charge is -2.30. The van der Waals surface area contributed by atoms with E-state index in [1.807, 2.05) is 13.0 Å². The largest absolute Gasteiger partial charge is 0.460 e. The average Bonchev–Trinajstić information content (AvgIpc) is 3.24. The van der Waals surface area contributed by atoms with Crippen molar-refractivity contribution in [2.45, 2.75) is 77.7 Å². The second kappa shape index (κ2) is 8.48. The van der Waals surface area contributed by atoms with E-state index < -0.39 is 24.0 Å². The highest BCUT2D eigenvalue weighted by atomic mass is 19.1. The number of carbonyl (C=O) groups excluding carboxylic acids is 2. The molecule has 0 saturated carbocycles. The lowest BCUT2D eigenvalue weighted by atomic mass is 9.81. The predicted octanol–water partition coefficient (Wildman–Crippen LogP) is 3.30. The molecule has 1 aliphatic carbocycles. The number of carbonyl (C=O) groups is 2. The topological polar surface area (TPSA) is 111 Å². The Bertz CT molecular complexity index is 1580. The summed E-state index contributed by atoms with van der Waals surface area (Å²) in [5.74, 6) is -1.75. The van der Waals surface area contributed by atoms with Crippen LogP contribution in [0.25, 0.3) is 22.3 Å². The van der Waals surface area contributed by atoms with Gasteiger partial charge in [0.05, 0.1) is 41.0 Å². The summed E-state index contributed by atoms with van der Waals surface area (Å²) in [6.45, 7) is 5.53. The van der Waals surface area contributed by atoms with Gasteiger partial charge in [-0.05, 0) is 61.4 Å². The van der Waals surface area contributed by atoms with Gasteiger partial charge in [-0.2, -0.15) is 0 Å². The first kappa shape index (κ1) is 23.8. The summed E-state index contributed by atoms with van der Waals surface area (Å²) >= 11 is 0. The molecular weight excluding hydrogens is 477 g/mol. The number of hydrogen-bond donors (Lipinski definition) is 2. The summed E-state index contributed by atoms with van der Waals surface area (Å²) in [6.07, 6.45) is 1.00. The van der Waals surface area contributed by atoms with Crippen LogP contribution in [0.1, 0.15) is 78.5 Å². The highest BCUT2D eigenvalue weighted by molar-refractivity contribution is 5.94. The Hall–Kier alpha value is -3.59. The molecule has 2 aliphatic heterocycles. The molecule has 1 amide bonds. The van der Waals surface area contributed by atoms with Gasteiger partial charge in [0, 0.05) is 17.0 Å². The third kappa shape index (κ3) is 3.43. The van der Waals surface area contributed by atoms with Gasteiger partial charge in [-0.25, -0.2) is 9.37 Å². The van der Waals surface area contributed by atoms with Crippen molar-refractivity contribution >= 4 is 22.8 Å². The maximum Gasteiger partial charge on any atom is 0.313 e. The van der Waals surface area contributed by atoms with E-state index in [0.717, 1.165) is 22.1 Å². The number of fused-ring (bicyclic) bond motifs is 5. The molecule has 37 heavy (non-hydrogen) atoms. The van der Waals surface area contributed by atoms with Crippen LogP contribution >= 0.6 is 0 Å². The Morgan fingerprint density at radius 1 is 1.30 bits per heavy atom. The second-order valence-corrected chi connectivity index (χ2v) is 10.3. The van der Waals surface area contributed by atoms with Crippen LogP contribution in [0.3, 0.4) is 0 Å². The zero-order valence-electron chi connectivity index (χ0n) is 21.0. The van der Waals surface area contributed by atoms with Gasteiger partial charge in [0.2, 0.25) is 5.91 Å². The van der Waals surface area contributed by atoms with Crippen molar-refractivity contribution in [2.24, 2.45) is 0 Å². The Kier molecular flexibility index (Phi) is 5.45. The lowest BCUT2D eigenvalue weighted by Crippen LogP contribution is -2.38. The molecule has 0 unspecified atom stereocenters. The van der Waals surface area contributed by atoms with Crippen molar-refractivity contribution in [3.63, 3.8) is 0 Å². The first-order valence-electron chi connectivity index (χ1n) is 12.8. The van der Waals surface area contributed by atoms with Crippen LogP contribution in [0.15, 0.2) is 16.9 Å². The van der Waals surface area contributed by atoms with Crippen LogP contribution in [0, 0.1) is 12.7 Å². The number of cyclic esters (lactones) is 1. The molecule has 0 bridgehead atoms. The van der Waals surface area contributed by atoms with Crippen molar-refractivity contribution in [1.29, 1.82) is 0 Å². The van der Waals surface area contributed by atoms with Crippen LogP contribution in [0.5, 0.6) is 0 Å². The number of pyridine rings is 2. The maximum atomic E-state index is 14.9. The van der Waals surface area contributed by atoms with Crippen LogP contribution in [0.2, 0.25) is 0 Å². The SMILES string of the molecule is CCC[C@H](O)C(=O)N[C@H]1CCc2c(C)c(F)cc3nc4c(c1c23)Cn1c-4cc2c(c1=O)COC(=O)[C@@H]2C. The molecule has 2 N–H and O–H groups in total. The Morgan fingerprint density at radius 2 is 2.08 bits per heavy atom. The zero-order chi connectivity index (χ0) is 26.2. The molecule has 192 valence electrons. The third-order valence-electron chi connectivity index (χ3n) is 8.13. The van der Waals surface area contributed by atoms with Crippen LogP contribution in [-0.4, -0.2) is 32.6 Å². The number of aliphatic hydroxyl groups is 1. The fraction of sp³-hybridized carbons (Fsp3) is 0.429. The number of hydrogen-bond acceptors (Lipinski definition) is 6. The monoisotopic (exact) mass is 505 g/mol. The standard InChI is InChI=1S/C28H28FN3O5/c1-4-5-22(33)26(34)31-19-7-6-14-12(2)18(29)9-20-23(14)24(19)16-10-32-21(25(16)30-20)8-15-13(3)28(36)37-11-17(15)27(32)35/h8-9,13,19,22,33H,4-7,10-11H2,1-3H3,(H,31,34)/t13-,19+,22+/m1/s1. The van der Waals surface area contributed by atoms with E-state index in [4.69, 9.17) is 9.72 Å². The minimum atomic E-state index is -1.11. The van der Waals surface area contributed by atoms with Crippen molar-refractivity contribution < 1.29 is 23.8 Å². The molecule has 6 rings (SSSR count). The number of aryl methyl sites for hydroxylation is 1. The highest BCUT2D eigenvalue weighted by Gasteiger charge is 2.37. The molecule has 3 aliphatic rings. The smallest absolute Gasteiger partial charge is 0.313 e. The van der Waals surface area contributed by atoms with E-state index in [9.17, 15) is 23.9 Å². The average molecular weight is 506 g/mol. The molecular formula is C28H28FN3O5. The quantitative estimate of drug-likeness (QED) is 0.412. The van der Waals surface area contributed by atoms with Crippen LogP contribution in [0.4, 0.5) is 4.39 Å². The summed E-state index contributed by atoms with van der Waals surface area (Å²) in [4.78, 5) is 43.4. The fourth-order valence-electron chi connectivity index (χ4n) is 6.11. The molecule has 3 atom stereocenters. The molecule has 2 aromatic heterocycles. The fourth-order valence-corrected chi connectivity index (χ4v) is 6.11. The summed E-state index contributed by atoms with van der Waals surface area (Å²) in [6, 6.07) is 2.82. The zero-order valence-corrected chi connectivity index (χ0v) is 21.0. The summed E-state index contributed by atoms with van der Waals surface area (Å²) in [5.41, 5.74) is 5.47.